The van der Waals surface area contributed by atoms with Gasteiger partial charge in [0.1, 0.15) is 16.4 Å². The van der Waals surface area contributed by atoms with E-state index in [1.807, 2.05) is 0 Å². The van der Waals surface area contributed by atoms with Gasteiger partial charge in [-0.15, -0.1) is 0 Å². The second-order valence-corrected chi connectivity index (χ2v) is 11.7. The Morgan fingerprint density at radius 1 is 1.00 bits per heavy atom. The number of carbonyl (C=O) groups is 2. The highest BCUT2D eigenvalue weighted by Gasteiger charge is 2.61. The number of pyridine rings is 1. The number of hydrogen-bond donors (Lipinski definition) is 0. The number of amides is 2. The van der Waals surface area contributed by atoms with Crippen LogP contribution in [0.4, 0.5) is 5.69 Å². The number of sulfonamides is 1. The second kappa shape index (κ2) is 11.2. The predicted octanol–water partition coefficient (Wildman–Crippen LogP) is 3.15. The molecular formula is C28H31ClN4O7S. The molecular weight excluding hydrogens is 572 g/mol. The minimum Gasteiger partial charge on any atom is -0.497 e. The van der Waals surface area contributed by atoms with Gasteiger partial charge in [-0.05, 0) is 56.4 Å². The van der Waals surface area contributed by atoms with Crippen LogP contribution in [0, 0.1) is 0 Å². The zero-order chi connectivity index (χ0) is 30.3. The van der Waals surface area contributed by atoms with E-state index in [0.29, 0.717) is 5.75 Å². The first-order valence-corrected chi connectivity index (χ1v) is 14.2. The SMILES string of the molecule is COc1ccc(S(=O)(=O)N2C(=O)[C@](c3cccnc3OC)(N(C)C(C)C(=O)N(C)C)c3cc(Cl)ccc32)c(OC)c1. The van der Waals surface area contributed by atoms with Crippen LogP contribution in [-0.2, 0) is 25.2 Å². The molecule has 1 unspecified atom stereocenters. The molecule has 0 spiro atoms. The lowest BCUT2D eigenvalue weighted by molar-refractivity contribution is -0.138. The third kappa shape index (κ3) is 4.65. The molecule has 2 heterocycles. The molecule has 11 nitrogen and oxygen atoms in total. The maximum atomic E-state index is 14.9. The second-order valence-electron chi connectivity index (χ2n) is 9.54. The zero-order valence-corrected chi connectivity index (χ0v) is 25.3. The van der Waals surface area contributed by atoms with Crippen LogP contribution in [0.2, 0.25) is 5.02 Å². The average molecular weight is 603 g/mol. The van der Waals surface area contributed by atoms with Crippen LogP contribution < -0.4 is 18.5 Å². The lowest BCUT2D eigenvalue weighted by Crippen LogP contribution is -2.59. The standard InChI is InChI=1S/C28H31ClN4O7S/c1-17(26(34)31(2)3)32(4)28(20-9-8-14-30-25(20)40-7)21-15-18(29)10-12-22(21)33(27(28)35)41(36,37)24-13-11-19(38-5)16-23(24)39-6/h8-17H,1-7H3/t17?,28-/m1/s1. The van der Waals surface area contributed by atoms with E-state index >= 15 is 0 Å². The van der Waals surface area contributed by atoms with Crippen LogP contribution in [0.25, 0.3) is 0 Å². The summed E-state index contributed by atoms with van der Waals surface area (Å²) in [5, 5.41) is 0.255. The molecule has 2 atom stereocenters. The Morgan fingerprint density at radius 3 is 2.32 bits per heavy atom. The Morgan fingerprint density at radius 2 is 1.71 bits per heavy atom. The molecule has 0 saturated carbocycles. The molecule has 218 valence electrons. The first kappa shape index (κ1) is 30.1. The van der Waals surface area contributed by atoms with Crippen molar-refractivity contribution in [2.24, 2.45) is 0 Å². The number of benzene rings is 2. The van der Waals surface area contributed by atoms with Crippen molar-refractivity contribution in [1.82, 2.24) is 14.8 Å². The maximum absolute atomic E-state index is 14.9. The van der Waals surface area contributed by atoms with Crippen molar-refractivity contribution in [3.63, 3.8) is 0 Å². The van der Waals surface area contributed by atoms with Crippen molar-refractivity contribution in [1.29, 1.82) is 0 Å². The molecule has 0 radical (unpaired) electrons. The monoisotopic (exact) mass is 602 g/mol. The number of anilines is 1. The van der Waals surface area contributed by atoms with Crippen molar-refractivity contribution in [3.8, 4) is 17.4 Å². The van der Waals surface area contributed by atoms with Gasteiger partial charge >= 0.3 is 0 Å². The van der Waals surface area contributed by atoms with E-state index in [1.54, 1.807) is 40.2 Å². The summed E-state index contributed by atoms with van der Waals surface area (Å²) in [6.45, 7) is 1.63. The van der Waals surface area contributed by atoms with Gasteiger partial charge in [-0.1, -0.05) is 11.6 Å². The minimum absolute atomic E-state index is 0.0198. The number of likely N-dealkylation sites (N-methyl/N-ethyl adjacent to an activating group) is 2. The Bertz CT molecular complexity index is 1610. The molecule has 0 fully saturated rings. The fourth-order valence-electron chi connectivity index (χ4n) is 5.12. The van der Waals surface area contributed by atoms with Crippen LogP contribution in [0.3, 0.4) is 0 Å². The Kier molecular flexibility index (Phi) is 8.21. The summed E-state index contributed by atoms with van der Waals surface area (Å²) < 4.78 is 45.7. The highest BCUT2D eigenvalue weighted by atomic mass is 35.5. The summed E-state index contributed by atoms with van der Waals surface area (Å²) in [6.07, 6.45) is 1.49. The van der Waals surface area contributed by atoms with Crippen LogP contribution in [0.5, 0.6) is 17.4 Å². The number of carbonyl (C=O) groups excluding carboxylic acids is 2. The summed E-state index contributed by atoms with van der Waals surface area (Å²) in [7, 11) is 4.32. The number of hydrogen-bond acceptors (Lipinski definition) is 9. The number of halogens is 1. The number of ether oxygens (including phenoxy) is 3. The van der Waals surface area contributed by atoms with Crippen molar-refractivity contribution in [3.05, 3.63) is 70.9 Å². The van der Waals surface area contributed by atoms with Crippen LogP contribution in [-0.4, -0.2) is 83.5 Å². The quantitative estimate of drug-likeness (QED) is 0.364. The lowest BCUT2D eigenvalue weighted by atomic mass is 9.81. The van der Waals surface area contributed by atoms with E-state index in [-0.39, 0.29) is 44.3 Å². The molecule has 1 aliphatic rings. The molecule has 2 amide bonds. The highest BCUT2D eigenvalue weighted by Crippen LogP contribution is 2.53. The Labute approximate surface area is 244 Å². The molecule has 0 aliphatic carbocycles. The largest absolute Gasteiger partial charge is 0.497 e. The molecule has 1 aliphatic heterocycles. The summed E-state index contributed by atoms with van der Waals surface area (Å²) >= 11 is 6.46. The van der Waals surface area contributed by atoms with E-state index < -0.39 is 27.5 Å². The summed E-state index contributed by atoms with van der Waals surface area (Å²) in [4.78, 5) is 35.1. The normalized spacial score (nSPS) is 17.3. The smallest absolute Gasteiger partial charge is 0.274 e. The Balaban J connectivity index is 2.10. The molecule has 1 aromatic heterocycles. The summed E-state index contributed by atoms with van der Waals surface area (Å²) in [5.41, 5.74) is -1.37. The molecule has 41 heavy (non-hydrogen) atoms. The fraction of sp³-hybridized carbons (Fsp3) is 0.321. The lowest BCUT2D eigenvalue weighted by Gasteiger charge is -2.41. The van der Waals surface area contributed by atoms with Gasteiger partial charge in [0, 0.05) is 42.5 Å². The van der Waals surface area contributed by atoms with Crippen LogP contribution in [0.15, 0.2) is 59.6 Å². The molecule has 2 aromatic carbocycles. The van der Waals surface area contributed by atoms with Gasteiger partial charge in [-0.25, -0.2) is 17.7 Å². The molecule has 0 N–H and O–H groups in total. The van der Waals surface area contributed by atoms with E-state index in [1.165, 1.54) is 73.7 Å². The van der Waals surface area contributed by atoms with Crippen LogP contribution >= 0.6 is 11.6 Å². The zero-order valence-electron chi connectivity index (χ0n) is 23.7. The van der Waals surface area contributed by atoms with E-state index in [0.717, 1.165) is 4.31 Å². The van der Waals surface area contributed by atoms with Gasteiger partial charge in [0.2, 0.25) is 11.8 Å². The van der Waals surface area contributed by atoms with Crippen molar-refractivity contribution in [2.45, 2.75) is 23.4 Å². The van der Waals surface area contributed by atoms with Crippen molar-refractivity contribution in [2.75, 3.05) is 46.8 Å². The highest BCUT2D eigenvalue weighted by molar-refractivity contribution is 7.93. The van der Waals surface area contributed by atoms with E-state index in [9.17, 15) is 18.0 Å². The molecule has 3 aromatic rings. The van der Waals surface area contributed by atoms with E-state index in [2.05, 4.69) is 4.98 Å². The molecule has 0 saturated heterocycles. The summed E-state index contributed by atoms with van der Waals surface area (Å²) in [5.74, 6) is -0.770. The average Bonchev–Trinajstić information content (AvgIpc) is 3.23. The van der Waals surface area contributed by atoms with Gasteiger partial charge in [-0.2, -0.15) is 0 Å². The van der Waals surface area contributed by atoms with Gasteiger partial charge in [0.25, 0.3) is 15.9 Å². The predicted molar refractivity (Wildman–Crippen MR) is 153 cm³/mol. The van der Waals surface area contributed by atoms with Gasteiger partial charge < -0.3 is 19.1 Å². The number of aromatic nitrogens is 1. The van der Waals surface area contributed by atoms with Crippen molar-refractivity contribution < 1.29 is 32.2 Å². The van der Waals surface area contributed by atoms with Crippen LogP contribution in [0.1, 0.15) is 18.1 Å². The topological polar surface area (TPSA) is 119 Å². The van der Waals surface area contributed by atoms with Gasteiger partial charge in [0.15, 0.2) is 5.54 Å². The maximum Gasteiger partial charge on any atom is 0.274 e. The minimum atomic E-state index is -4.60. The molecule has 13 heteroatoms. The third-order valence-corrected chi connectivity index (χ3v) is 9.18. The third-order valence-electron chi connectivity index (χ3n) is 7.21. The number of rotatable bonds is 9. The first-order valence-electron chi connectivity index (χ1n) is 12.4. The van der Waals surface area contributed by atoms with Gasteiger partial charge in [0.05, 0.1) is 33.1 Å². The fourth-order valence-corrected chi connectivity index (χ4v) is 6.90. The number of methoxy groups -OCH3 is 3. The first-order chi connectivity index (χ1) is 19.4. The van der Waals surface area contributed by atoms with E-state index in [4.69, 9.17) is 25.8 Å². The Hall–Kier alpha value is -3.87. The molecule has 0 bridgehead atoms. The number of fused-ring (bicyclic) bond motifs is 1. The number of nitrogens with zero attached hydrogens (tertiary/aromatic N) is 4. The van der Waals surface area contributed by atoms with Crippen molar-refractivity contribution >= 4 is 39.1 Å². The molecule has 4 rings (SSSR count). The summed E-state index contributed by atoms with van der Waals surface area (Å²) in [6, 6.07) is 11.0. The van der Waals surface area contributed by atoms with Gasteiger partial charge in [-0.3, -0.25) is 14.5 Å².